The highest BCUT2D eigenvalue weighted by Crippen LogP contribution is 2.22. The van der Waals surface area contributed by atoms with Gasteiger partial charge < -0.3 is 30.4 Å². The maximum absolute atomic E-state index is 8.08. The molecule has 2 rings (SSSR count). The number of hydrogen-bond donors (Lipinski definition) is 4. The fourth-order valence-electron chi connectivity index (χ4n) is 1.72. The Bertz CT molecular complexity index is 285. The highest BCUT2D eigenvalue weighted by molar-refractivity contribution is 5.01. The molecule has 0 saturated carbocycles. The first-order valence-electron chi connectivity index (χ1n) is 5.92. The maximum atomic E-state index is 8.08. The Morgan fingerprint density at radius 3 is 2.50 bits per heavy atom. The number of hydrogen-bond acceptors (Lipinski definition) is 7. The van der Waals surface area contributed by atoms with Crippen LogP contribution in [0.15, 0.2) is 11.9 Å². The van der Waals surface area contributed by atoms with Crippen LogP contribution in [-0.2, 0) is 9.47 Å². The van der Waals surface area contributed by atoms with Crippen molar-refractivity contribution in [3.63, 3.8) is 0 Å². The second kappa shape index (κ2) is 6.35. The Morgan fingerprint density at radius 1 is 1.33 bits per heavy atom. The van der Waals surface area contributed by atoms with Crippen molar-refractivity contribution in [3.8, 4) is 0 Å². The van der Waals surface area contributed by atoms with Gasteiger partial charge in [-0.1, -0.05) is 0 Å². The van der Waals surface area contributed by atoms with Crippen LogP contribution < -0.4 is 11.6 Å². The summed E-state index contributed by atoms with van der Waals surface area (Å²) in [7, 11) is 0. The number of nitrogens with zero attached hydrogens (tertiary/aromatic N) is 1. The van der Waals surface area contributed by atoms with Crippen LogP contribution in [0.3, 0.4) is 0 Å². The third-order valence-corrected chi connectivity index (χ3v) is 2.53. The van der Waals surface area contributed by atoms with Gasteiger partial charge in [-0.3, -0.25) is 0 Å². The van der Waals surface area contributed by atoms with Gasteiger partial charge in [0.05, 0.1) is 25.0 Å². The quantitative estimate of drug-likeness (QED) is 0.322. The monoisotopic (exact) mass is 261 g/mol. The average molecular weight is 261 g/mol. The predicted molar refractivity (Wildman–Crippen MR) is 65.8 cm³/mol. The van der Waals surface area contributed by atoms with Gasteiger partial charge in [-0.25, -0.2) is 5.84 Å². The van der Waals surface area contributed by atoms with E-state index in [4.69, 9.17) is 31.3 Å². The number of fused-ring (bicyclic) bond motifs is 1. The molecule has 2 aliphatic rings. The van der Waals surface area contributed by atoms with E-state index < -0.39 is 5.79 Å². The fraction of sp³-hybridized carbons (Fsp3) is 0.818. The number of aliphatic hydroxyl groups is 2. The van der Waals surface area contributed by atoms with Crippen LogP contribution in [0.25, 0.3) is 0 Å². The summed E-state index contributed by atoms with van der Waals surface area (Å²) >= 11 is 0. The molecule has 2 saturated heterocycles. The zero-order chi connectivity index (χ0) is 13.8. The van der Waals surface area contributed by atoms with Gasteiger partial charge in [-0.15, -0.1) is 0 Å². The van der Waals surface area contributed by atoms with E-state index in [-0.39, 0.29) is 12.2 Å². The Hall–Kier alpha value is -0.860. The lowest BCUT2D eigenvalue weighted by molar-refractivity contribution is -0.127. The van der Waals surface area contributed by atoms with Crippen LogP contribution in [-0.4, -0.2) is 53.0 Å². The van der Waals surface area contributed by atoms with Gasteiger partial charge in [0.15, 0.2) is 5.79 Å². The van der Waals surface area contributed by atoms with Gasteiger partial charge in [0.2, 0.25) is 0 Å². The number of rotatable bonds is 0. The van der Waals surface area contributed by atoms with Crippen LogP contribution in [0.4, 0.5) is 0 Å². The van der Waals surface area contributed by atoms with Crippen molar-refractivity contribution in [1.82, 2.24) is 5.01 Å². The lowest BCUT2D eigenvalue weighted by Crippen LogP contribution is -2.38. The first kappa shape index (κ1) is 15.2. The first-order valence-corrected chi connectivity index (χ1v) is 5.92. The van der Waals surface area contributed by atoms with Crippen LogP contribution in [0.1, 0.15) is 20.3 Å². The molecule has 0 radical (unpaired) electrons. The minimum atomic E-state index is -1.50. The maximum Gasteiger partial charge on any atom is 0.156 e. The zero-order valence-electron chi connectivity index (χ0n) is 10.9. The standard InChI is InChI=1S/C8H15N3O2.C3H8O2/c9-3-6-5-13-7-1-2-12-8(7)4-11(6)10;1-3(2,4)5/h3,7-8H,1-2,4-5,9-10H2;4-5H,1-2H3/b6-3-;/t7-,8-;/m1./s1. The van der Waals surface area contributed by atoms with Gasteiger partial charge in [0.25, 0.3) is 0 Å². The molecule has 2 fully saturated rings. The molecule has 0 aromatic carbocycles. The zero-order valence-corrected chi connectivity index (χ0v) is 10.9. The molecule has 2 aliphatic heterocycles. The van der Waals surface area contributed by atoms with Gasteiger partial charge in [-0.05, 0) is 20.3 Å². The highest BCUT2D eigenvalue weighted by atomic mass is 16.6. The van der Waals surface area contributed by atoms with Gasteiger partial charge in [-0.2, -0.15) is 0 Å². The summed E-state index contributed by atoms with van der Waals surface area (Å²) in [5.41, 5.74) is 6.23. The van der Waals surface area contributed by atoms with Crippen LogP contribution in [0.2, 0.25) is 0 Å². The lowest BCUT2D eigenvalue weighted by atomic mass is 10.2. The molecule has 0 bridgehead atoms. The number of nitrogens with two attached hydrogens (primary N) is 2. The molecule has 18 heavy (non-hydrogen) atoms. The lowest BCUT2D eigenvalue weighted by Gasteiger charge is -2.20. The van der Waals surface area contributed by atoms with Crippen LogP contribution in [0, 0.1) is 0 Å². The molecular formula is C11H23N3O4. The van der Waals surface area contributed by atoms with E-state index in [0.29, 0.717) is 13.2 Å². The average Bonchev–Trinajstić information content (AvgIpc) is 2.58. The van der Waals surface area contributed by atoms with E-state index in [1.807, 2.05) is 0 Å². The van der Waals surface area contributed by atoms with Crippen LogP contribution in [0.5, 0.6) is 0 Å². The van der Waals surface area contributed by atoms with E-state index >= 15 is 0 Å². The van der Waals surface area contributed by atoms with Gasteiger partial charge in [0, 0.05) is 12.8 Å². The summed E-state index contributed by atoms with van der Waals surface area (Å²) in [5, 5.41) is 17.8. The second-order valence-electron chi connectivity index (χ2n) is 4.85. The molecule has 7 nitrogen and oxygen atoms in total. The van der Waals surface area contributed by atoms with Gasteiger partial charge >= 0.3 is 0 Å². The SMILES string of the molecule is CC(C)(O)O.N/C=C1/CO[C@@H]2CCO[C@@H]2CN1N. The molecule has 0 amide bonds. The molecule has 2 heterocycles. The molecule has 2 atom stereocenters. The molecule has 0 aromatic rings. The first-order chi connectivity index (χ1) is 8.31. The third-order valence-electron chi connectivity index (χ3n) is 2.53. The second-order valence-corrected chi connectivity index (χ2v) is 4.85. The third kappa shape index (κ3) is 5.19. The predicted octanol–water partition coefficient (Wildman–Crippen LogP) is -1.14. The summed E-state index contributed by atoms with van der Waals surface area (Å²) in [6.45, 7) is 4.51. The Balaban J connectivity index is 0.000000280. The molecule has 0 aliphatic carbocycles. The van der Waals surface area contributed by atoms with Gasteiger partial charge in [0.1, 0.15) is 6.10 Å². The number of hydrazine groups is 1. The van der Waals surface area contributed by atoms with Crippen molar-refractivity contribution in [2.24, 2.45) is 11.6 Å². The van der Waals surface area contributed by atoms with Crippen molar-refractivity contribution in [2.75, 3.05) is 19.8 Å². The molecule has 0 spiro atoms. The largest absolute Gasteiger partial charge is 0.403 e. The minimum Gasteiger partial charge on any atom is -0.403 e. The molecule has 0 unspecified atom stereocenters. The van der Waals surface area contributed by atoms with Crippen molar-refractivity contribution < 1.29 is 19.7 Å². The molecule has 106 valence electrons. The van der Waals surface area contributed by atoms with E-state index in [9.17, 15) is 0 Å². The topological polar surface area (TPSA) is 114 Å². The van der Waals surface area contributed by atoms with Crippen molar-refractivity contribution in [1.29, 1.82) is 0 Å². The Morgan fingerprint density at radius 2 is 1.94 bits per heavy atom. The molecule has 7 heteroatoms. The Kier molecular flexibility index (Phi) is 5.36. The number of ether oxygens (including phenoxy) is 2. The molecule has 6 N–H and O–H groups in total. The van der Waals surface area contributed by atoms with E-state index in [1.165, 1.54) is 20.0 Å². The minimum absolute atomic E-state index is 0.0995. The summed E-state index contributed by atoms with van der Waals surface area (Å²) in [4.78, 5) is 0. The Labute approximate surface area is 107 Å². The summed E-state index contributed by atoms with van der Waals surface area (Å²) in [5.74, 6) is 4.27. The van der Waals surface area contributed by atoms with Crippen molar-refractivity contribution >= 4 is 0 Å². The van der Waals surface area contributed by atoms with Crippen LogP contribution >= 0.6 is 0 Å². The summed E-state index contributed by atoms with van der Waals surface area (Å²) in [6.07, 6.45) is 2.73. The van der Waals surface area contributed by atoms with E-state index in [2.05, 4.69) is 0 Å². The fourth-order valence-corrected chi connectivity index (χ4v) is 1.72. The van der Waals surface area contributed by atoms with E-state index in [0.717, 1.165) is 18.7 Å². The van der Waals surface area contributed by atoms with Crippen molar-refractivity contribution in [3.05, 3.63) is 11.9 Å². The molecular weight excluding hydrogens is 238 g/mol. The van der Waals surface area contributed by atoms with Crippen molar-refractivity contribution in [2.45, 2.75) is 38.3 Å². The normalized spacial score (nSPS) is 30.5. The summed E-state index contributed by atoms with van der Waals surface area (Å²) < 4.78 is 11.1. The summed E-state index contributed by atoms with van der Waals surface area (Å²) in [6, 6.07) is 0. The smallest absolute Gasteiger partial charge is 0.156 e. The van der Waals surface area contributed by atoms with E-state index in [1.54, 1.807) is 5.01 Å². The molecule has 0 aromatic heterocycles. The highest BCUT2D eigenvalue weighted by Gasteiger charge is 2.33.